The number of ether oxygens (including phenoxy) is 1. The van der Waals surface area contributed by atoms with Gasteiger partial charge in [0.1, 0.15) is 6.26 Å². The Morgan fingerprint density at radius 2 is 2.64 bits per heavy atom. The van der Waals surface area contributed by atoms with Crippen LogP contribution < -0.4 is 0 Å². The first-order chi connectivity index (χ1) is 5.27. The van der Waals surface area contributed by atoms with Crippen molar-refractivity contribution in [3.8, 4) is 0 Å². The Kier molecular flexibility index (Phi) is 2.06. The molecule has 11 heavy (non-hydrogen) atoms. The molecule has 0 aromatic carbocycles. The molecule has 0 amide bonds. The molecule has 0 N–H and O–H groups in total. The lowest BCUT2D eigenvalue weighted by molar-refractivity contribution is 0.0594. The van der Waals surface area contributed by atoms with Crippen LogP contribution in [0.15, 0.2) is 17.3 Å². The average Bonchev–Trinajstić information content (AvgIpc) is 2.50. The zero-order chi connectivity index (χ0) is 8.27. The molecule has 0 atom stereocenters. The summed E-state index contributed by atoms with van der Waals surface area (Å²) in [7, 11) is 1.28. The van der Waals surface area contributed by atoms with Gasteiger partial charge in [-0.15, -0.1) is 0 Å². The molecular weight excluding hydrogens is 146 g/mol. The number of nitrogens with zero attached hydrogens (tertiary/aromatic N) is 1. The van der Waals surface area contributed by atoms with Crippen molar-refractivity contribution in [3.63, 3.8) is 0 Å². The first-order valence-electron chi connectivity index (χ1n) is 2.94. The molecule has 0 saturated heterocycles. The van der Waals surface area contributed by atoms with Gasteiger partial charge in [0.25, 0.3) is 0 Å². The SMILES string of the molecule is C=Cc1nc(C(=O)OC)co1. The van der Waals surface area contributed by atoms with Crippen molar-refractivity contribution in [2.24, 2.45) is 0 Å². The van der Waals surface area contributed by atoms with E-state index in [0.717, 1.165) is 0 Å². The van der Waals surface area contributed by atoms with Crippen LogP contribution in [-0.4, -0.2) is 18.1 Å². The van der Waals surface area contributed by atoms with Gasteiger partial charge in [-0.2, -0.15) is 0 Å². The zero-order valence-corrected chi connectivity index (χ0v) is 6.03. The van der Waals surface area contributed by atoms with Gasteiger partial charge in [-0.05, 0) is 6.08 Å². The van der Waals surface area contributed by atoms with Crippen LogP contribution in [0.4, 0.5) is 0 Å². The number of esters is 1. The Hall–Kier alpha value is -1.58. The van der Waals surface area contributed by atoms with E-state index in [1.165, 1.54) is 19.4 Å². The third-order valence-electron chi connectivity index (χ3n) is 1.09. The number of methoxy groups -OCH3 is 1. The fraction of sp³-hybridized carbons (Fsp3) is 0.143. The minimum Gasteiger partial charge on any atom is -0.464 e. The largest absolute Gasteiger partial charge is 0.464 e. The second-order valence-corrected chi connectivity index (χ2v) is 1.77. The molecule has 0 fully saturated rings. The molecule has 58 valence electrons. The summed E-state index contributed by atoms with van der Waals surface area (Å²) in [4.78, 5) is 14.5. The summed E-state index contributed by atoms with van der Waals surface area (Å²) in [5.41, 5.74) is 0.155. The van der Waals surface area contributed by atoms with Crippen molar-refractivity contribution in [1.82, 2.24) is 4.98 Å². The van der Waals surface area contributed by atoms with Gasteiger partial charge in [0.2, 0.25) is 5.89 Å². The second kappa shape index (κ2) is 3.01. The van der Waals surface area contributed by atoms with Gasteiger partial charge in [0, 0.05) is 0 Å². The predicted molar refractivity (Wildman–Crippen MR) is 37.9 cm³/mol. The molecule has 0 aliphatic heterocycles. The predicted octanol–water partition coefficient (Wildman–Crippen LogP) is 1.10. The van der Waals surface area contributed by atoms with E-state index in [1.807, 2.05) is 0 Å². The van der Waals surface area contributed by atoms with E-state index in [2.05, 4.69) is 16.3 Å². The third kappa shape index (κ3) is 1.46. The molecule has 0 saturated carbocycles. The molecular formula is C7H7NO3. The first kappa shape index (κ1) is 7.53. The minimum absolute atomic E-state index is 0.155. The van der Waals surface area contributed by atoms with Crippen LogP contribution in [0.5, 0.6) is 0 Å². The summed E-state index contributed by atoms with van der Waals surface area (Å²) in [6.07, 6.45) is 2.63. The number of rotatable bonds is 2. The zero-order valence-electron chi connectivity index (χ0n) is 6.03. The highest BCUT2D eigenvalue weighted by atomic mass is 16.5. The lowest BCUT2D eigenvalue weighted by Gasteiger charge is -1.88. The van der Waals surface area contributed by atoms with Crippen molar-refractivity contribution in [3.05, 3.63) is 24.4 Å². The van der Waals surface area contributed by atoms with Gasteiger partial charge >= 0.3 is 5.97 Å². The van der Waals surface area contributed by atoms with Gasteiger partial charge < -0.3 is 9.15 Å². The Morgan fingerprint density at radius 1 is 1.91 bits per heavy atom. The molecule has 1 aromatic rings. The van der Waals surface area contributed by atoms with E-state index in [-0.39, 0.29) is 5.69 Å². The number of carbonyl (C=O) groups excluding carboxylic acids is 1. The van der Waals surface area contributed by atoms with Crippen LogP contribution in [0.1, 0.15) is 16.4 Å². The Balaban J connectivity index is 2.88. The standard InChI is InChI=1S/C7H7NO3/c1-3-6-8-5(4-11-6)7(9)10-2/h3-4H,1H2,2H3. The molecule has 1 aromatic heterocycles. The number of hydrogen-bond acceptors (Lipinski definition) is 4. The molecule has 0 bridgehead atoms. The summed E-state index contributed by atoms with van der Waals surface area (Å²) in [5, 5.41) is 0. The molecule has 1 rings (SSSR count). The number of hydrogen-bond donors (Lipinski definition) is 0. The van der Waals surface area contributed by atoms with E-state index in [0.29, 0.717) is 5.89 Å². The highest BCUT2D eigenvalue weighted by Crippen LogP contribution is 2.03. The van der Waals surface area contributed by atoms with Crippen LogP contribution in [0, 0.1) is 0 Å². The maximum Gasteiger partial charge on any atom is 0.360 e. The van der Waals surface area contributed by atoms with E-state index in [4.69, 9.17) is 4.42 Å². The van der Waals surface area contributed by atoms with E-state index in [9.17, 15) is 4.79 Å². The molecule has 0 unspecified atom stereocenters. The number of carbonyl (C=O) groups is 1. The molecule has 0 radical (unpaired) electrons. The van der Waals surface area contributed by atoms with Gasteiger partial charge in [0.05, 0.1) is 7.11 Å². The first-order valence-corrected chi connectivity index (χ1v) is 2.94. The summed E-state index contributed by atoms with van der Waals surface area (Å²) in [6.45, 7) is 3.42. The lowest BCUT2D eigenvalue weighted by Crippen LogP contribution is -2.00. The van der Waals surface area contributed by atoms with E-state index >= 15 is 0 Å². The average molecular weight is 153 g/mol. The van der Waals surface area contributed by atoms with E-state index in [1.54, 1.807) is 0 Å². The van der Waals surface area contributed by atoms with Crippen molar-refractivity contribution in [1.29, 1.82) is 0 Å². The normalized spacial score (nSPS) is 9.18. The maximum absolute atomic E-state index is 10.8. The molecule has 4 nitrogen and oxygen atoms in total. The quantitative estimate of drug-likeness (QED) is 0.597. The lowest BCUT2D eigenvalue weighted by atomic mass is 10.5. The molecule has 4 heteroatoms. The van der Waals surface area contributed by atoms with Gasteiger partial charge in [-0.25, -0.2) is 9.78 Å². The van der Waals surface area contributed by atoms with Crippen molar-refractivity contribution >= 4 is 12.0 Å². The number of oxazole rings is 1. The van der Waals surface area contributed by atoms with Crippen LogP contribution in [-0.2, 0) is 4.74 Å². The second-order valence-electron chi connectivity index (χ2n) is 1.77. The molecule has 1 heterocycles. The highest BCUT2D eigenvalue weighted by Gasteiger charge is 2.09. The maximum atomic E-state index is 10.8. The molecule has 0 aliphatic rings. The van der Waals surface area contributed by atoms with Crippen molar-refractivity contribution in [2.45, 2.75) is 0 Å². The van der Waals surface area contributed by atoms with Gasteiger partial charge in [-0.1, -0.05) is 6.58 Å². The Labute approximate surface area is 63.5 Å². The van der Waals surface area contributed by atoms with Crippen LogP contribution in [0.2, 0.25) is 0 Å². The van der Waals surface area contributed by atoms with Crippen LogP contribution in [0.25, 0.3) is 6.08 Å². The smallest absolute Gasteiger partial charge is 0.360 e. The van der Waals surface area contributed by atoms with Crippen LogP contribution >= 0.6 is 0 Å². The monoisotopic (exact) mass is 153 g/mol. The summed E-state index contributed by atoms with van der Waals surface area (Å²) in [5.74, 6) is -0.202. The summed E-state index contributed by atoms with van der Waals surface area (Å²) in [6, 6.07) is 0. The third-order valence-corrected chi connectivity index (χ3v) is 1.09. The Bertz CT molecular complexity index is 277. The highest BCUT2D eigenvalue weighted by molar-refractivity contribution is 5.86. The van der Waals surface area contributed by atoms with Crippen molar-refractivity contribution < 1.29 is 13.9 Å². The minimum atomic E-state index is -0.512. The fourth-order valence-corrected chi connectivity index (χ4v) is 0.580. The van der Waals surface area contributed by atoms with E-state index < -0.39 is 5.97 Å². The fourth-order valence-electron chi connectivity index (χ4n) is 0.580. The Morgan fingerprint density at radius 3 is 3.09 bits per heavy atom. The molecule has 0 spiro atoms. The summed E-state index contributed by atoms with van der Waals surface area (Å²) >= 11 is 0. The van der Waals surface area contributed by atoms with Gasteiger partial charge in [0.15, 0.2) is 5.69 Å². The number of aromatic nitrogens is 1. The molecule has 0 aliphatic carbocycles. The topological polar surface area (TPSA) is 52.3 Å². The van der Waals surface area contributed by atoms with Crippen LogP contribution in [0.3, 0.4) is 0 Å². The van der Waals surface area contributed by atoms with Crippen molar-refractivity contribution in [2.75, 3.05) is 7.11 Å². The summed E-state index contributed by atoms with van der Waals surface area (Å²) < 4.78 is 9.21. The van der Waals surface area contributed by atoms with Gasteiger partial charge in [-0.3, -0.25) is 0 Å².